The van der Waals surface area contributed by atoms with E-state index in [-0.39, 0.29) is 5.69 Å². The van der Waals surface area contributed by atoms with Gasteiger partial charge in [0.05, 0.1) is 5.69 Å². The first-order chi connectivity index (χ1) is 11.1. The second-order valence-electron chi connectivity index (χ2n) is 4.48. The van der Waals surface area contributed by atoms with Crippen LogP contribution in [0, 0.1) is 5.82 Å². The van der Waals surface area contributed by atoms with Crippen molar-refractivity contribution in [1.82, 2.24) is 10.2 Å². The number of benzene rings is 2. The summed E-state index contributed by atoms with van der Waals surface area (Å²) in [6.07, 6.45) is 0. The number of carbonyl (C=O) groups is 1. The molecule has 2 N–H and O–H groups in total. The molecule has 2 aromatic carbocycles. The number of hydrogen-bond donors (Lipinski definition) is 2. The van der Waals surface area contributed by atoms with Crippen LogP contribution < -0.4 is 10.6 Å². The molecule has 3 aromatic rings. The van der Waals surface area contributed by atoms with Crippen molar-refractivity contribution in [2.24, 2.45) is 0 Å². The lowest BCUT2D eigenvalue weighted by Gasteiger charge is -2.05. The van der Waals surface area contributed by atoms with Crippen molar-refractivity contribution < 1.29 is 9.18 Å². The van der Waals surface area contributed by atoms with Crippen molar-refractivity contribution in [1.29, 1.82) is 0 Å². The number of amides is 2. The number of carbonyl (C=O) groups excluding carboxylic acids is 1. The van der Waals surface area contributed by atoms with Crippen molar-refractivity contribution in [2.45, 2.75) is 0 Å². The highest BCUT2D eigenvalue weighted by molar-refractivity contribution is 9.10. The molecule has 0 radical (unpaired) electrons. The fourth-order valence-electron chi connectivity index (χ4n) is 1.80. The average molecular weight is 393 g/mol. The summed E-state index contributed by atoms with van der Waals surface area (Å²) in [6, 6.07) is 12.9. The fraction of sp³-hybridized carbons (Fsp3) is 0. The van der Waals surface area contributed by atoms with Crippen LogP contribution in [-0.4, -0.2) is 16.2 Å². The Morgan fingerprint density at radius 1 is 1.04 bits per heavy atom. The number of nitrogens with zero attached hydrogens (tertiary/aromatic N) is 2. The molecule has 8 heteroatoms. The van der Waals surface area contributed by atoms with Crippen LogP contribution >= 0.6 is 27.3 Å². The monoisotopic (exact) mass is 392 g/mol. The topological polar surface area (TPSA) is 66.9 Å². The first-order valence-corrected chi connectivity index (χ1v) is 8.15. The molecular formula is C15H10BrFN4OS. The van der Waals surface area contributed by atoms with E-state index in [1.807, 2.05) is 24.3 Å². The molecule has 0 atom stereocenters. The number of halogens is 2. The lowest BCUT2D eigenvalue weighted by atomic mass is 10.2. The van der Waals surface area contributed by atoms with Crippen molar-refractivity contribution in [3.63, 3.8) is 0 Å². The molecule has 0 aliphatic heterocycles. The van der Waals surface area contributed by atoms with Gasteiger partial charge in [-0.1, -0.05) is 51.5 Å². The lowest BCUT2D eigenvalue weighted by molar-refractivity contribution is 0.262. The van der Waals surface area contributed by atoms with Gasteiger partial charge in [-0.3, -0.25) is 5.32 Å². The number of aromatic nitrogens is 2. The van der Waals surface area contributed by atoms with Gasteiger partial charge in [0.2, 0.25) is 5.13 Å². The van der Waals surface area contributed by atoms with Crippen molar-refractivity contribution >= 4 is 44.1 Å². The molecule has 23 heavy (non-hydrogen) atoms. The average Bonchev–Trinajstić information content (AvgIpc) is 2.98. The summed E-state index contributed by atoms with van der Waals surface area (Å²) in [7, 11) is 0. The molecule has 0 aliphatic rings. The highest BCUT2D eigenvalue weighted by Gasteiger charge is 2.11. The van der Waals surface area contributed by atoms with Crippen LogP contribution in [0.1, 0.15) is 0 Å². The molecule has 0 saturated carbocycles. The van der Waals surface area contributed by atoms with Crippen molar-refractivity contribution in [3.05, 3.63) is 58.8 Å². The minimum atomic E-state index is -0.575. The Morgan fingerprint density at radius 3 is 2.52 bits per heavy atom. The standard InChI is InChI=1S/C15H10BrFN4OS/c16-10-7-5-9(6-8-10)13-20-21-15(23-13)19-14(22)18-12-4-2-1-3-11(12)17/h1-8H,(H2,18,19,21,22). The number of para-hydroxylation sites is 1. The Kier molecular flexibility index (Phi) is 4.63. The lowest BCUT2D eigenvalue weighted by Crippen LogP contribution is -2.19. The van der Waals surface area contributed by atoms with Gasteiger partial charge in [0, 0.05) is 10.0 Å². The third kappa shape index (κ3) is 3.91. The van der Waals surface area contributed by atoms with E-state index in [1.54, 1.807) is 12.1 Å². The van der Waals surface area contributed by atoms with Gasteiger partial charge in [-0.25, -0.2) is 9.18 Å². The van der Waals surface area contributed by atoms with Crippen LogP contribution in [0.15, 0.2) is 53.0 Å². The molecule has 0 spiro atoms. The number of nitrogens with one attached hydrogen (secondary N) is 2. The third-order valence-electron chi connectivity index (χ3n) is 2.86. The van der Waals surface area contributed by atoms with Crippen LogP contribution in [0.3, 0.4) is 0 Å². The quantitative estimate of drug-likeness (QED) is 0.675. The Balaban J connectivity index is 1.68. The predicted octanol–water partition coefficient (Wildman–Crippen LogP) is 4.75. The summed E-state index contributed by atoms with van der Waals surface area (Å²) >= 11 is 4.60. The predicted molar refractivity (Wildman–Crippen MR) is 92.1 cm³/mol. The van der Waals surface area contributed by atoms with Gasteiger partial charge in [-0.15, -0.1) is 10.2 Å². The molecule has 1 aromatic heterocycles. The summed E-state index contributed by atoms with van der Waals surface area (Å²) in [5.74, 6) is -0.504. The molecule has 0 unspecified atom stereocenters. The molecule has 3 rings (SSSR count). The van der Waals surface area contributed by atoms with Crippen molar-refractivity contribution in [3.8, 4) is 10.6 Å². The minimum absolute atomic E-state index is 0.0997. The van der Waals surface area contributed by atoms with Crippen LogP contribution in [0.5, 0.6) is 0 Å². The molecule has 5 nitrogen and oxygen atoms in total. The Morgan fingerprint density at radius 2 is 1.78 bits per heavy atom. The molecule has 1 heterocycles. The molecule has 0 bridgehead atoms. The smallest absolute Gasteiger partial charge is 0.305 e. The maximum atomic E-state index is 13.5. The molecule has 0 fully saturated rings. The van der Waals surface area contributed by atoms with Gasteiger partial charge in [0.15, 0.2) is 0 Å². The van der Waals surface area contributed by atoms with E-state index in [9.17, 15) is 9.18 Å². The van der Waals surface area contributed by atoms with Crippen molar-refractivity contribution in [2.75, 3.05) is 10.6 Å². The fourth-order valence-corrected chi connectivity index (χ4v) is 2.80. The van der Waals surface area contributed by atoms with Gasteiger partial charge in [-0.2, -0.15) is 0 Å². The Hall–Kier alpha value is -2.32. The highest BCUT2D eigenvalue weighted by Crippen LogP contribution is 2.27. The molecule has 0 saturated heterocycles. The zero-order chi connectivity index (χ0) is 16.2. The summed E-state index contributed by atoms with van der Waals surface area (Å²) in [6.45, 7) is 0. The van der Waals surface area contributed by atoms with Gasteiger partial charge >= 0.3 is 6.03 Å². The van der Waals surface area contributed by atoms with Crippen LogP contribution in [0.2, 0.25) is 0 Å². The summed E-state index contributed by atoms with van der Waals surface area (Å²) < 4.78 is 14.4. The maximum absolute atomic E-state index is 13.5. The second kappa shape index (κ2) is 6.84. The van der Waals surface area contributed by atoms with E-state index < -0.39 is 11.8 Å². The van der Waals surface area contributed by atoms with Gasteiger partial charge in [-0.05, 0) is 24.3 Å². The highest BCUT2D eigenvalue weighted by atomic mass is 79.9. The first kappa shape index (κ1) is 15.6. The first-order valence-electron chi connectivity index (χ1n) is 6.54. The van der Waals surface area contributed by atoms with E-state index in [4.69, 9.17) is 0 Å². The SMILES string of the molecule is O=C(Nc1nnc(-c2ccc(Br)cc2)s1)Nc1ccccc1F. The molecule has 2 amide bonds. The largest absolute Gasteiger partial charge is 0.325 e. The van der Waals surface area contributed by atoms with Crippen LogP contribution in [-0.2, 0) is 0 Å². The molecule has 0 aliphatic carbocycles. The van der Waals surface area contributed by atoms with E-state index in [0.29, 0.717) is 10.1 Å². The maximum Gasteiger partial charge on any atom is 0.325 e. The van der Waals surface area contributed by atoms with E-state index >= 15 is 0 Å². The summed E-state index contributed by atoms with van der Waals surface area (Å²) in [5.41, 5.74) is 0.996. The van der Waals surface area contributed by atoms with Crippen LogP contribution in [0.4, 0.5) is 20.0 Å². The summed E-state index contributed by atoms with van der Waals surface area (Å²) in [4.78, 5) is 11.9. The zero-order valence-electron chi connectivity index (χ0n) is 11.6. The second-order valence-corrected chi connectivity index (χ2v) is 6.37. The third-order valence-corrected chi connectivity index (χ3v) is 4.28. The Labute approximate surface area is 143 Å². The normalized spacial score (nSPS) is 10.3. The zero-order valence-corrected chi connectivity index (χ0v) is 14.0. The van der Waals surface area contributed by atoms with E-state index in [2.05, 4.69) is 36.8 Å². The van der Waals surface area contributed by atoms with Gasteiger partial charge < -0.3 is 5.32 Å². The number of urea groups is 1. The Bertz CT molecular complexity index is 838. The number of hydrogen-bond acceptors (Lipinski definition) is 4. The summed E-state index contributed by atoms with van der Waals surface area (Å²) in [5, 5.41) is 13.9. The van der Waals surface area contributed by atoms with E-state index in [0.717, 1.165) is 10.0 Å². The number of anilines is 2. The van der Waals surface area contributed by atoms with E-state index in [1.165, 1.54) is 23.5 Å². The molecular weight excluding hydrogens is 383 g/mol. The number of rotatable bonds is 3. The van der Waals surface area contributed by atoms with Crippen LogP contribution in [0.25, 0.3) is 10.6 Å². The van der Waals surface area contributed by atoms with Gasteiger partial charge in [0.1, 0.15) is 10.8 Å². The minimum Gasteiger partial charge on any atom is -0.305 e. The molecule has 116 valence electrons. The van der Waals surface area contributed by atoms with Gasteiger partial charge in [0.25, 0.3) is 0 Å².